The highest BCUT2D eigenvalue weighted by Crippen LogP contribution is 2.35. The zero-order valence-electron chi connectivity index (χ0n) is 15.1. The minimum Gasteiger partial charge on any atom is -0.369 e. The number of aryl methyl sites for hydroxylation is 2. The van der Waals surface area contributed by atoms with Gasteiger partial charge in [-0.1, -0.05) is 0 Å². The number of nitrogens with zero attached hydrogens (tertiary/aromatic N) is 7. The molecular weight excluding hydrogens is 332 g/mol. The summed E-state index contributed by atoms with van der Waals surface area (Å²) in [5, 5.41) is 12.0. The highest BCUT2D eigenvalue weighted by Gasteiger charge is 2.35. The van der Waals surface area contributed by atoms with Crippen molar-refractivity contribution < 1.29 is 4.79 Å². The Morgan fingerprint density at radius 1 is 1.31 bits per heavy atom. The van der Waals surface area contributed by atoms with Crippen LogP contribution in [-0.4, -0.2) is 53.8 Å². The Morgan fingerprint density at radius 3 is 2.92 bits per heavy atom. The van der Waals surface area contributed by atoms with E-state index in [0.29, 0.717) is 12.2 Å². The van der Waals surface area contributed by atoms with E-state index in [1.807, 2.05) is 44.4 Å². The van der Waals surface area contributed by atoms with Gasteiger partial charge in [-0.15, -0.1) is 0 Å². The van der Waals surface area contributed by atoms with Crippen molar-refractivity contribution in [2.45, 2.75) is 25.8 Å². The molecule has 1 fully saturated rings. The number of fused-ring (bicyclic) bond motifs is 1. The van der Waals surface area contributed by atoms with Crippen LogP contribution in [0.2, 0.25) is 0 Å². The van der Waals surface area contributed by atoms with Crippen LogP contribution in [0.4, 0.5) is 5.82 Å². The van der Waals surface area contributed by atoms with E-state index in [-0.39, 0.29) is 17.9 Å². The third-order valence-corrected chi connectivity index (χ3v) is 4.98. The highest BCUT2D eigenvalue weighted by atomic mass is 16.2. The summed E-state index contributed by atoms with van der Waals surface area (Å²) >= 11 is 0. The first-order valence-electron chi connectivity index (χ1n) is 8.68. The minimum atomic E-state index is 0.00613. The maximum atomic E-state index is 12.2. The lowest BCUT2D eigenvalue weighted by Gasteiger charge is -2.38. The number of rotatable bonds is 4. The summed E-state index contributed by atoms with van der Waals surface area (Å²) in [6, 6.07) is 1.96. The Labute approximate surface area is 151 Å². The van der Waals surface area contributed by atoms with E-state index in [9.17, 15) is 4.79 Å². The lowest BCUT2D eigenvalue weighted by molar-refractivity contribution is -0.136. The van der Waals surface area contributed by atoms with Crippen LogP contribution in [0, 0.1) is 12.8 Å². The van der Waals surface area contributed by atoms with Crippen LogP contribution in [0.1, 0.15) is 30.1 Å². The van der Waals surface area contributed by atoms with Crippen molar-refractivity contribution in [1.29, 1.82) is 0 Å². The molecule has 26 heavy (non-hydrogen) atoms. The predicted octanol–water partition coefficient (Wildman–Crippen LogP) is 1.19. The van der Waals surface area contributed by atoms with Crippen molar-refractivity contribution in [1.82, 2.24) is 34.3 Å². The van der Waals surface area contributed by atoms with Gasteiger partial charge in [0.2, 0.25) is 5.91 Å². The second-order valence-corrected chi connectivity index (χ2v) is 6.83. The fourth-order valence-electron chi connectivity index (χ4n) is 3.71. The zero-order chi connectivity index (χ0) is 18.3. The SMILES string of the molecule is Cc1cc(NC[C@H]2CCC(=O)N(C)[C@@H]2c2cnn(C)c2)n2ncnc2n1. The van der Waals surface area contributed by atoms with Gasteiger partial charge in [-0.05, 0) is 13.3 Å². The quantitative estimate of drug-likeness (QED) is 0.756. The molecule has 136 valence electrons. The van der Waals surface area contributed by atoms with Crippen LogP contribution in [0.3, 0.4) is 0 Å². The summed E-state index contributed by atoms with van der Waals surface area (Å²) in [5.41, 5.74) is 1.94. The van der Waals surface area contributed by atoms with E-state index in [1.165, 1.54) is 6.33 Å². The fourth-order valence-corrected chi connectivity index (χ4v) is 3.71. The van der Waals surface area contributed by atoms with Gasteiger partial charge in [-0.25, -0.2) is 4.98 Å². The van der Waals surface area contributed by atoms with E-state index < -0.39 is 0 Å². The van der Waals surface area contributed by atoms with Crippen LogP contribution in [-0.2, 0) is 11.8 Å². The molecule has 4 heterocycles. The molecular formula is C17H22N8O. The summed E-state index contributed by atoms with van der Waals surface area (Å²) in [7, 11) is 3.76. The van der Waals surface area contributed by atoms with Gasteiger partial charge in [0.15, 0.2) is 0 Å². The van der Waals surface area contributed by atoms with Crippen molar-refractivity contribution in [2.24, 2.45) is 13.0 Å². The predicted molar refractivity (Wildman–Crippen MR) is 95.5 cm³/mol. The monoisotopic (exact) mass is 354 g/mol. The van der Waals surface area contributed by atoms with Gasteiger partial charge >= 0.3 is 0 Å². The molecule has 4 rings (SSSR count). The van der Waals surface area contributed by atoms with E-state index in [1.54, 1.807) is 9.20 Å². The number of likely N-dealkylation sites (tertiary alicyclic amines) is 1. The third kappa shape index (κ3) is 2.89. The summed E-state index contributed by atoms with van der Waals surface area (Å²) in [6.45, 7) is 2.65. The van der Waals surface area contributed by atoms with E-state index >= 15 is 0 Å². The van der Waals surface area contributed by atoms with E-state index in [0.717, 1.165) is 30.0 Å². The number of amides is 1. The molecule has 0 unspecified atom stereocenters. The molecule has 0 spiro atoms. The molecule has 3 aromatic heterocycles. The van der Waals surface area contributed by atoms with E-state index in [4.69, 9.17) is 0 Å². The molecule has 1 N–H and O–H groups in total. The molecule has 1 aliphatic rings. The fraction of sp³-hybridized carbons (Fsp3) is 0.471. The number of carbonyl (C=O) groups excluding carboxylic acids is 1. The number of hydrogen-bond donors (Lipinski definition) is 1. The van der Waals surface area contributed by atoms with Crippen LogP contribution >= 0.6 is 0 Å². The highest BCUT2D eigenvalue weighted by molar-refractivity contribution is 5.77. The maximum absolute atomic E-state index is 12.2. The standard InChI is InChI=1S/C17H22N8O/c1-11-6-14(25-17(22-11)19-10-21-25)18-7-12-4-5-15(26)24(3)16(12)13-8-20-23(2)9-13/h6,8-10,12,16,18H,4-5,7H2,1-3H3/t12-,16+/m1/s1. The Morgan fingerprint density at radius 2 is 2.15 bits per heavy atom. The van der Waals surface area contributed by atoms with Gasteiger partial charge in [0.1, 0.15) is 12.1 Å². The maximum Gasteiger partial charge on any atom is 0.254 e. The van der Waals surface area contributed by atoms with Crippen LogP contribution in [0.15, 0.2) is 24.8 Å². The van der Waals surface area contributed by atoms with Gasteiger partial charge in [0, 0.05) is 56.5 Å². The Hall–Kier alpha value is -2.97. The van der Waals surface area contributed by atoms with Gasteiger partial charge in [-0.3, -0.25) is 9.48 Å². The lowest BCUT2D eigenvalue weighted by Crippen LogP contribution is -2.42. The second kappa shape index (κ2) is 6.40. The van der Waals surface area contributed by atoms with Gasteiger partial charge < -0.3 is 10.2 Å². The first-order valence-corrected chi connectivity index (χ1v) is 8.68. The van der Waals surface area contributed by atoms with Gasteiger partial charge in [0.05, 0.1) is 12.2 Å². The molecule has 0 radical (unpaired) electrons. The first kappa shape index (κ1) is 16.5. The van der Waals surface area contributed by atoms with Crippen molar-refractivity contribution in [3.8, 4) is 0 Å². The molecule has 3 aromatic rings. The van der Waals surface area contributed by atoms with Gasteiger partial charge in [-0.2, -0.15) is 19.7 Å². The summed E-state index contributed by atoms with van der Waals surface area (Å²) in [5.74, 6) is 1.88. The summed E-state index contributed by atoms with van der Waals surface area (Å²) in [6.07, 6.45) is 6.73. The number of anilines is 1. The number of hydrogen-bond acceptors (Lipinski definition) is 6. The Balaban J connectivity index is 1.59. The molecule has 1 amide bonds. The van der Waals surface area contributed by atoms with Crippen molar-refractivity contribution in [3.05, 3.63) is 36.0 Å². The average molecular weight is 354 g/mol. The molecule has 1 saturated heterocycles. The molecule has 0 aromatic carbocycles. The third-order valence-electron chi connectivity index (χ3n) is 4.98. The molecule has 9 heteroatoms. The Bertz CT molecular complexity index is 945. The van der Waals surface area contributed by atoms with Crippen molar-refractivity contribution in [2.75, 3.05) is 18.9 Å². The van der Waals surface area contributed by atoms with Crippen LogP contribution in [0.25, 0.3) is 5.78 Å². The first-order chi connectivity index (χ1) is 12.5. The lowest BCUT2D eigenvalue weighted by atomic mass is 9.85. The number of carbonyl (C=O) groups is 1. The van der Waals surface area contributed by atoms with Crippen LogP contribution in [0.5, 0.6) is 0 Å². The summed E-state index contributed by atoms with van der Waals surface area (Å²) < 4.78 is 3.47. The topological polar surface area (TPSA) is 93.2 Å². The number of nitrogens with one attached hydrogen (secondary N) is 1. The smallest absolute Gasteiger partial charge is 0.254 e. The normalized spacial score (nSPS) is 20.7. The molecule has 9 nitrogen and oxygen atoms in total. The van der Waals surface area contributed by atoms with Crippen LogP contribution < -0.4 is 5.32 Å². The molecule has 1 aliphatic heterocycles. The van der Waals surface area contributed by atoms with Gasteiger partial charge in [0.25, 0.3) is 5.78 Å². The zero-order valence-corrected chi connectivity index (χ0v) is 15.1. The average Bonchev–Trinajstić information content (AvgIpc) is 3.24. The number of piperidine rings is 1. The largest absolute Gasteiger partial charge is 0.369 e. The molecule has 2 atom stereocenters. The molecule has 0 saturated carbocycles. The number of aromatic nitrogens is 6. The van der Waals surface area contributed by atoms with E-state index in [2.05, 4.69) is 25.5 Å². The van der Waals surface area contributed by atoms with Crippen molar-refractivity contribution in [3.63, 3.8) is 0 Å². The molecule has 0 bridgehead atoms. The second-order valence-electron chi connectivity index (χ2n) is 6.83. The Kier molecular flexibility index (Phi) is 4.06. The molecule has 0 aliphatic carbocycles. The van der Waals surface area contributed by atoms with Crippen molar-refractivity contribution >= 4 is 17.5 Å². The minimum absolute atomic E-state index is 0.00613. The summed E-state index contributed by atoms with van der Waals surface area (Å²) in [4.78, 5) is 22.6.